The smallest absolute Gasteiger partial charge is 0.239 e. The van der Waals surface area contributed by atoms with Gasteiger partial charge >= 0.3 is 0 Å². The topological polar surface area (TPSA) is 75.9 Å². The van der Waals surface area contributed by atoms with Gasteiger partial charge in [0.2, 0.25) is 5.95 Å². The van der Waals surface area contributed by atoms with Gasteiger partial charge in [0.25, 0.3) is 0 Å². The Hall–Kier alpha value is -2.21. The van der Waals surface area contributed by atoms with E-state index < -0.39 is 5.82 Å². The predicted molar refractivity (Wildman–Crippen MR) is 77.6 cm³/mol. The Kier molecular flexibility index (Phi) is 4.84. The lowest BCUT2D eigenvalue weighted by Gasteiger charge is -2.15. The molecule has 0 fully saturated rings. The average molecular weight is 275 g/mol. The molecule has 0 saturated carbocycles. The summed E-state index contributed by atoms with van der Waals surface area (Å²) < 4.78 is 13.6. The van der Waals surface area contributed by atoms with E-state index in [-0.39, 0.29) is 17.8 Å². The fourth-order valence-corrected chi connectivity index (χ4v) is 1.87. The maximum absolute atomic E-state index is 13.6. The predicted octanol–water partition coefficient (Wildman–Crippen LogP) is 2.33. The SMILES string of the molecule is CC(CCc1ccccc1)Nc1nc(NN)ncc1F. The van der Waals surface area contributed by atoms with Crippen LogP contribution in [0.5, 0.6) is 0 Å². The minimum Gasteiger partial charge on any atom is -0.365 e. The molecule has 1 heterocycles. The van der Waals surface area contributed by atoms with Crippen molar-refractivity contribution in [1.82, 2.24) is 9.97 Å². The van der Waals surface area contributed by atoms with Crippen molar-refractivity contribution in [3.05, 3.63) is 47.9 Å². The van der Waals surface area contributed by atoms with Gasteiger partial charge in [-0.2, -0.15) is 4.98 Å². The highest BCUT2D eigenvalue weighted by molar-refractivity contribution is 5.41. The van der Waals surface area contributed by atoms with Gasteiger partial charge in [0.1, 0.15) is 0 Å². The number of hydrogen-bond acceptors (Lipinski definition) is 5. The molecule has 1 aromatic carbocycles. The third-order valence-corrected chi connectivity index (χ3v) is 2.97. The van der Waals surface area contributed by atoms with E-state index in [1.165, 1.54) is 5.56 Å². The van der Waals surface area contributed by atoms with Gasteiger partial charge in [-0.1, -0.05) is 30.3 Å². The summed E-state index contributed by atoms with van der Waals surface area (Å²) >= 11 is 0. The molecule has 1 unspecified atom stereocenters. The number of rotatable bonds is 6. The number of hydrazine groups is 1. The van der Waals surface area contributed by atoms with Crippen molar-refractivity contribution in [2.45, 2.75) is 25.8 Å². The van der Waals surface area contributed by atoms with Gasteiger partial charge in [-0.25, -0.2) is 15.2 Å². The highest BCUT2D eigenvalue weighted by Gasteiger charge is 2.10. The van der Waals surface area contributed by atoms with Crippen LogP contribution in [0, 0.1) is 5.82 Å². The third kappa shape index (κ3) is 3.89. The van der Waals surface area contributed by atoms with Crippen LogP contribution in [0.4, 0.5) is 16.2 Å². The molecule has 4 N–H and O–H groups in total. The third-order valence-electron chi connectivity index (χ3n) is 2.97. The maximum Gasteiger partial charge on any atom is 0.239 e. The second-order valence-corrected chi connectivity index (χ2v) is 4.60. The quantitative estimate of drug-likeness (QED) is 0.557. The number of aryl methyl sites for hydroxylation is 1. The first-order chi connectivity index (χ1) is 9.69. The van der Waals surface area contributed by atoms with Crippen LogP contribution in [0.25, 0.3) is 0 Å². The van der Waals surface area contributed by atoms with E-state index in [4.69, 9.17) is 5.84 Å². The van der Waals surface area contributed by atoms with Crippen LogP contribution in [-0.4, -0.2) is 16.0 Å². The zero-order valence-electron chi connectivity index (χ0n) is 11.3. The minimum atomic E-state index is -0.490. The van der Waals surface area contributed by atoms with Crippen molar-refractivity contribution in [2.24, 2.45) is 5.84 Å². The van der Waals surface area contributed by atoms with E-state index in [9.17, 15) is 4.39 Å². The van der Waals surface area contributed by atoms with E-state index in [0.717, 1.165) is 19.0 Å². The monoisotopic (exact) mass is 275 g/mol. The van der Waals surface area contributed by atoms with E-state index in [1.807, 2.05) is 25.1 Å². The summed E-state index contributed by atoms with van der Waals surface area (Å²) in [7, 11) is 0. The van der Waals surface area contributed by atoms with E-state index in [0.29, 0.717) is 0 Å². The van der Waals surface area contributed by atoms with E-state index >= 15 is 0 Å². The van der Waals surface area contributed by atoms with Crippen LogP contribution in [0.1, 0.15) is 18.9 Å². The lowest BCUT2D eigenvalue weighted by Crippen LogP contribution is -2.19. The molecule has 0 amide bonds. The molecule has 2 aromatic rings. The number of hydrogen-bond donors (Lipinski definition) is 3. The van der Waals surface area contributed by atoms with Crippen LogP contribution in [0.3, 0.4) is 0 Å². The number of nitrogen functional groups attached to an aromatic ring is 1. The van der Waals surface area contributed by atoms with Gasteiger partial charge in [-0.15, -0.1) is 0 Å². The first-order valence-electron chi connectivity index (χ1n) is 6.48. The summed E-state index contributed by atoms with van der Waals surface area (Å²) in [5.74, 6) is 5.06. The molecule has 1 atom stereocenters. The molecule has 0 radical (unpaired) electrons. The fraction of sp³-hybridized carbons (Fsp3) is 0.286. The number of benzene rings is 1. The maximum atomic E-state index is 13.6. The molecular formula is C14H18FN5. The number of nitrogens with one attached hydrogen (secondary N) is 2. The van der Waals surface area contributed by atoms with Gasteiger partial charge in [0.05, 0.1) is 6.20 Å². The number of halogens is 1. The van der Waals surface area contributed by atoms with Crippen molar-refractivity contribution >= 4 is 11.8 Å². The number of nitrogens with zero attached hydrogens (tertiary/aromatic N) is 2. The molecule has 0 aliphatic rings. The van der Waals surface area contributed by atoms with Crippen molar-refractivity contribution in [2.75, 3.05) is 10.7 Å². The summed E-state index contributed by atoms with van der Waals surface area (Å²) in [5, 5.41) is 3.03. The van der Waals surface area contributed by atoms with Gasteiger partial charge in [0.15, 0.2) is 11.6 Å². The van der Waals surface area contributed by atoms with Crippen molar-refractivity contribution in [3.63, 3.8) is 0 Å². The Morgan fingerprint density at radius 2 is 2.05 bits per heavy atom. The average Bonchev–Trinajstić information content (AvgIpc) is 2.48. The van der Waals surface area contributed by atoms with Gasteiger partial charge < -0.3 is 5.32 Å². The highest BCUT2D eigenvalue weighted by Crippen LogP contribution is 2.14. The largest absolute Gasteiger partial charge is 0.365 e. The Bertz CT molecular complexity index is 547. The molecule has 5 nitrogen and oxygen atoms in total. The van der Waals surface area contributed by atoms with Crippen LogP contribution < -0.4 is 16.6 Å². The van der Waals surface area contributed by atoms with Crippen LogP contribution >= 0.6 is 0 Å². The van der Waals surface area contributed by atoms with Crippen LogP contribution in [0.15, 0.2) is 36.5 Å². The normalized spacial score (nSPS) is 11.9. The van der Waals surface area contributed by atoms with E-state index in [1.54, 1.807) is 0 Å². The Labute approximate surface area is 117 Å². The standard InChI is InChI=1S/C14H18FN5/c1-10(7-8-11-5-3-2-4-6-11)18-13-12(15)9-17-14(19-13)20-16/h2-6,9-10H,7-8,16H2,1H3,(H2,17,18,19,20). The molecule has 106 valence electrons. The molecule has 2 rings (SSSR count). The molecule has 6 heteroatoms. The minimum absolute atomic E-state index is 0.0882. The first-order valence-corrected chi connectivity index (χ1v) is 6.48. The molecule has 0 bridgehead atoms. The number of nitrogens with two attached hydrogens (primary N) is 1. The molecular weight excluding hydrogens is 257 g/mol. The van der Waals surface area contributed by atoms with Gasteiger partial charge in [0, 0.05) is 6.04 Å². The lowest BCUT2D eigenvalue weighted by molar-refractivity contribution is 0.608. The van der Waals surface area contributed by atoms with Crippen molar-refractivity contribution in [3.8, 4) is 0 Å². The Morgan fingerprint density at radius 1 is 1.30 bits per heavy atom. The summed E-state index contributed by atoms with van der Waals surface area (Å²) in [4.78, 5) is 7.65. The molecule has 0 aliphatic heterocycles. The molecule has 20 heavy (non-hydrogen) atoms. The molecule has 0 saturated heterocycles. The number of anilines is 2. The van der Waals surface area contributed by atoms with Crippen LogP contribution in [-0.2, 0) is 6.42 Å². The number of aromatic nitrogens is 2. The molecule has 0 spiro atoms. The molecule has 0 aliphatic carbocycles. The fourth-order valence-electron chi connectivity index (χ4n) is 1.87. The van der Waals surface area contributed by atoms with Gasteiger partial charge in [-0.3, -0.25) is 5.43 Å². The summed E-state index contributed by atoms with van der Waals surface area (Å²) in [6, 6.07) is 10.3. The molecule has 1 aromatic heterocycles. The summed E-state index contributed by atoms with van der Waals surface area (Å²) in [6.45, 7) is 1.99. The zero-order chi connectivity index (χ0) is 14.4. The highest BCUT2D eigenvalue weighted by atomic mass is 19.1. The summed E-state index contributed by atoms with van der Waals surface area (Å²) in [6.07, 6.45) is 2.89. The Balaban J connectivity index is 1.92. The summed E-state index contributed by atoms with van der Waals surface area (Å²) in [5.41, 5.74) is 3.55. The van der Waals surface area contributed by atoms with Gasteiger partial charge in [-0.05, 0) is 25.3 Å². The Morgan fingerprint density at radius 3 is 2.75 bits per heavy atom. The first kappa shape index (κ1) is 14.2. The second kappa shape index (κ2) is 6.81. The van der Waals surface area contributed by atoms with Crippen molar-refractivity contribution < 1.29 is 4.39 Å². The second-order valence-electron chi connectivity index (χ2n) is 4.60. The van der Waals surface area contributed by atoms with Crippen LogP contribution in [0.2, 0.25) is 0 Å². The lowest BCUT2D eigenvalue weighted by atomic mass is 10.1. The van der Waals surface area contributed by atoms with Crippen molar-refractivity contribution in [1.29, 1.82) is 0 Å². The van der Waals surface area contributed by atoms with E-state index in [2.05, 4.69) is 32.8 Å². The zero-order valence-corrected chi connectivity index (χ0v) is 11.3.